The van der Waals surface area contributed by atoms with Crippen molar-refractivity contribution >= 4 is 11.8 Å². The Hall–Kier alpha value is -1.61. The molecule has 0 aliphatic rings. The van der Waals surface area contributed by atoms with Crippen LogP contribution < -0.4 is 9.47 Å². The molecule has 0 aliphatic carbocycles. The van der Waals surface area contributed by atoms with E-state index in [2.05, 4.69) is 83.1 Å². The molecule has 0 bridgehead atoms. The van der Waals surface area contributed by atoms with Crippen molar-refractivity contribution < 1.29 is 9.47 Å². The van der Waals surface area contributed by atoms with Crippen molar-refractivity contribution in [2.45, 2.75) is 76.5 Å². The zero-order valence-electron chi connectivity index (χ0n) is 18.9. The Morgan fingerprint density at radius 1 is 0.793 bits per heavy atom. The molecule has 0 amide bonds. The summed E-state index contributed by atoms with van der Waals surface area (Å²) in [5.41, 5.74) is 0.415. The Balaban J connectivity index is 1.73. The number of hydrogen-bond donors (Lipinski definition) is 0. The number of benzene rings is 2. The van der Waals surface area contributed by atoms with Gasteiger partial charge in [0.15, 0.2) is 0 Å². The summed E-state index contributed by atoms with van der Waals surface area (Å²) in [7, 11) is 0. The molecule has 0 heterocycles. The van der Waals surface area contributed by atoms with Gasteiger partial charge in [-0.15, -0.1) is 0 Å². The molecule has 0 unspecified atom stereocenters. The van der Waals surface area contributed by atoms with E-state index in [1.54, 1.807) is 11.8 Å². The molecule has 2 nitrogen and oxygen atoms in total. The fourth-order valence-electron chi connectivity index (χ4n) is 2.94. The van der Waals surface area contributed by atoms with E-state index in [0.717, 1.165) is 43.5 Å². The predicted molar refractivity (Wildman–Crippen MR) is 125 cm³/mol. The van der Waals surface area contributed by atoms with Gasteiger partial charge in [-0.3, -0.25) is 0 Å². The quantitative estimate of drug-likeness (QED) is 0.307. The van der Waals surface area contributed by atoms with Gasteiger partial charge in [0.1, 0.15) is 11.5 Å². The molecule has 29 heavy (non-hydrogen) atoms. The lowest BCUT2D eigenvalue weighted by molar-refractivity contribution is 0.251. The summed E-state index contributed by atoms with van der Waals surface area (Å²) < 4.78 is 11.7. The van der Waals surface area contributed by atoms with E-state index >= 15 is 0 Å². The molecule has 0 saturated carbocycles. The molecular formula is C26H38O2S. The summed E-state index contributed by atoms with van der Waals surface area (Å²) in [4.78, 5) is 2.44. The smallest absolute Gasteiger partial charge is 0.119 e. The number of rotatable bonds is 13. The fraction of sp³-hybridized carbons (Fsp3) is 0.538. The molecule has 2 aromatic carbocycles. The summed E-state index contributed by atoms with van der Waals surface area (Å²) in [6.45, 7) is 13.0. The van der Waals surface area contributed by atoms with Crippen LogP contribution in [0.4, 0.5) is 0 Å². The van der Waals surface area contributed by atoms with Gasteiger partial charge in [0, 0.05) is 9.79 Å². The molecular weight excluding hydrogens is 376 g/mol. The molecule has 0 spiro atoms. The molecule has 0 aromatic heterocycles. The Bertz CT molecular complexity index is 690. The maximum atomic E-state index is 5.90. The first-order chi connectivity index (χ1) is 13.9. The molecule has 0 fully saturated rings. The summed E-state index contributed by atoms with van der Waals surface area (Å²) in [6, 6.07) is 16.8. The van der Waals surface area contributed by atoms with Crippen LogP contribution in [0.15, 0.2) is 58.3 Å². The summed E-state index contributed by atoms with van der Waals surface area (Å²) in [6.07, 6.45) is 5.84. The van der Waals surface area contributed by atoms with Gasteiger partial charge in [-0.1, -0.05) is 52.8 Å². The second-order valence-corrected chi connectivity index (χ2v) is 10.0. The molecule has 0 N–H and O–H groups in total. The van der Waals surface area contributed by atoms with Gasteiger partial charge in [-0.25, -0.2) is 0 Å². The second kappa shape index (κ2) is 12.2. The van der Waals surface area contributed by atoms with Crippen LogP contribution in [0.2, 0.25) is 0 Å². The van der Waals surface area contributed by atoms with Crippen LogP contribution >= 0.6 is 11.8 Å². The highest BCUT2D eigenvalue weighted by Crippen LogP contribution is 2.30. The Morgan fingerprint density at radius 3 is 1.72 bits per heavy atom. The maximum absolute atomic E-state index is 5.90. The monoisotopic (exact) mass is 414 g/mol. The first-order valence-corrected chi connectivity index (χ1v) is 11.8. The highest BCUT2D eigenvalue weighted by atomic mass is 32.2. The minimum atomic E-state index is 0.415. The van der Waals surface area contributed by atoms with Gasteiger partial charge in [0.2, 0.25) is 0 Å². The van der Waals surface area contributed by atoms with Gasteiger partial charge in [-0.05, 0) is 85.5 Å². The van der Waals surface area contributed by atoms with Crippen molar-refractivity contribution in [1.29, 1.82) is 0 Å². The largest absolute Gasteiger partial charge is 0.494 e. The lowest BCUT2D eigenvalue weighted by Gasteiger charge is -2.22. The van der Waals surface area contributed by atoms with Gasteiger partial charge >= 0.3 is 0 Å². The molecule has 0 radical (unpaired) electrons. The molecule has 0 aliphatic heterocycles. The average molecular weight is 415 g/mol. The van der Waals surface area contributed by atoms with E-state index in [9.17, 15) is 0 Å². The SMILES string of the molecule is CCC(C)(C)CCCOc1ccc(Sc2ccc(OCCCC(C)C)cc2)cc1. The van der Waals surface area contributed by atoms with Crippen LogP contribution in [0.5, 0.6) is 11.5 Å². The van der Waals surface area contributed by atoms with Crippen molar-refractivity contribution in [2.75, 3.05) is 13.2 Å². The van der Waals surface area contributed by atoms with Gasteiger partial charge in [-0.2, -0.15) is 0 Å². The van der Waals surface area contributed by atoms with E-state index < -0.39 is 0 Å². The van der Waals surface area contributed by atoms with Crippen LogP contribution in [-0.4, -0.2) is 13.2 Å². The molecule has 3 heteroatoms. The first-order valence-electron chi connectivity index (χ1n) is 11.0. The normalized spacial score (nSPS) is 11.7. The highest BCUT2D eigenvalue weighted by Gasteiger charge is 2.14. The van der Waals surface area contributed by atoms with Gasteiger partial charge in [0.25, 0.3) is 0 Å². The third kappa shape index (κ3) is 9.62. The summed E-state index contributed by atoms with van der Waals surface area (Å²) in [5.74, 6) is 2.64. The van der Waals surface area contributed by atoms with E-state index in [4.69, 9.17) is 9.47 Å². The van der Waals surface area contributed by atoms with Crippen molar-refractivity contribution in [3.05, 3.63) is 48.5 Å². The zero-order chi connectivity index (χ0) is 21.1. The Morgan fingerprint density at radius 2 is 1.28 bits per heavy atom. The van der Waals surface area contributed by atoms with E-state index in [0.29, 0.717) is 5.41 Å². The van der Waals surface area contributed by atoms with Crippen LogP contribution in [-0.2, 0) is 0 Å². The topological polar surface area (TPSA) is 18.5 Å². The predicted octanol–water partition coefficient (Wildman–Crippen LogP) is 8.25. The van der Waals surface area contributed by atoms with E-state index in [-0.39, 0.29) is 0 Å². The fourth-order valence-corrected chi connectivity index (χ4v) is 3.76. The lowest BCUT2D eigenvalue weighted by Crippen LogP contribution is -2.11. The zero-order valence-corrected chi connectivity index (χ0v) is 19.7. The molecule has 0 atom stereocenters. The standard InChI is InChI=1S/C26H38O2S/c1-6-26(4,5)18-8-20-28-23-12-16-25(17-13-23)29-24-14-10-22(11-15-24)27-19-7-9-21(2)3/h10-17,21H,6-9,18-20H2,1-5H3. The molecule has 0 saturated heterocycles. The van der Waals surface area contributed by atoms with Crippen molar-refractivity contribution in [2.24, 2.45) is 11.3 Å². The maximum Gasteiger partial charge on any atom is 0.119 e. The van der Waals surface area contributed by atoms with Crippen molar-refractivity contribution in [3.8, 4) is 11.5 Å². The molecule has 2 aromatic rings. The summed E-state index contributed by atoms with van der Waals surface area (Å²) in [5, 5.41) is 0. The average Bonchev–Trinajstić information content (AvgIpc) is 2.71. The number of ether oxygens (including phenoxy) is 2. The van der Waals surface area contributed by atoms with Crippen LogP contribution in [0, 0.1) is 11.3 Å². The summed E-state index contributed by atoms with van der Waals surface area (Å²) >= 11 is 1.76. The lowest BCUT2D eigenvalue weighted by atomic mass is 9.85. The minimum absolute atomic E-state index is 0.415. The van der Waals surface area contributed by atoms with Crippen molar-refractivity contribution in [1.82, 2.24) is 0 Å². The first kappa shape index (κ1) is 23.7. The van der Waals surface area contributed by atoms with E-state index in [1.807, 2.05) is 0 Å². The van der Waals surface area contributed by atoms with Crippen LogP contribution in [0.1, 0.15) is 66.7 Å². The third-order valence-electron chi connectivity index (χ3n) is 5.30. The van der Waals surface area contributed by atoms with Crippen LogP contribution in [0.25, 0.3) is 0 Å². The Kier molecular flexibility index (Phi) is 9.93. The highest BCUT2D eigenvalue weighted by molar-refractivity contribution is 7.99. The molecule has 2 rings (SSSR count). The van der Waals surface area contributed by atoms with Gasteiger partial charge < -0.3 is 9.47 Å². The third-order valence-corrected chi connectivity index (χ3v) is 6.32. The van der Waals surface area contributed by atoms with Gasteiger partial charge in [0.05, 0.1) is 13.2 Å². The van der Waals surface area contributed by atoms with Crippen LogP contribution in [0.3, 0.4) is 0 Å². The molecule has 160 valence electrons. The van der Waals surface area contributed by atoms with E-state index in [1.165, 1.54) is 29.1 Å². The number of hydrogen-bond acceptors (Lipinski definition) is 3. The minimum Gasteiger partial charge on any atom is -0.494 e. The second-order valence-electron chi connectivity index (χ2n) is 8.90. The van der Waals surface area contributed by atoms with Crippen molar-refractivity contribution in [3.63, 3.8) is 0 Å². The Labute approximate surface area is 182 Å².